The molecule has 50 heavy (non-hydrogen) atoms. The van der Waals surface area contributed by atoms with Gasteiger partial charge < -0.3 is 59.1 Å². The van der Waals surface area contributed by atoms with Crippen LogP contribution in [-0.4, -0.2) is 41.4 Å². The minimum atomic E-state index is -0.269. The van der Waals surface area contributed by atoms with Crippen LogP contribution >= 0.6 is 0 Å². The van der Waals surface area contributed by atoms with Crippen LogP contribution in [0.1, 0.15) is 11.1 Å². The van der Waals surface area contributed by atoms with Crippen molar-refractivity contribution in [2.75, 3.05) is 13.2 Å². The van der Waals surface area contributed by atoms with Crippen LogP contribution in [0.15, 0.2) is 143 Å². The van der Waals surface area contributed by atoms with E-state index in [0.717, 1.165) is 19.0 Å². The predicted octanol–water partition coefficient (Wildman–Crippen LogP) is -2.44. The number of rotatable bonds is 2. The summed E-state index contributed by atoms with van der Waals surface area (Å²) < 4.78 is 10.6. The molecule has 2 nitrogen and oxygen atoms in total. The van der Waals surface area contributed by atoms with Crippen molar-refractivity contribution in [2.24, 2.45) is 0 Å². The van der Waals surface area contributed by atoms with E-state index >= 15 is 0 Å². The molecule has 0 atom stereocenters. The molecule has 0 amide bonds. The van der Waals surface area contributed by atoms with Gasteiger partial charge in [-0.2, -0.15) is 12.1 Å². The number of halogens is 4. The van der Waals surface area contributed by atoms with E-state index < -0.39 is 0 Å². The van der Waals surface area contributed by atoms with E-state index in [1.165, 1.54) is 60.5 Å². The van der Waals surface area contributed by atoms with Crippen LogP contribution in [0.25, 0.3) is 21.5 Å². The normalized spacial score (nSPS) is 13.3. The van der Waals surface area contributed by atoms with Crippen molar-refractivity contribution in [2.45, 2.75) is 40.0 Å². The Hall–Kier alpha value is -1.20. The topological polar surface area (TPSA) is 18.5 Å². The molecule has 0 saturated heterocycles. The molecular formula is C40H42Cl4O2Si2Zr2+2. The number of aryl methyl sites for hydroxylation is 2. The fourth-order valence-electron chi connectivity index (χ4n) is 5.53. The van der Waals surface area contributed by atoms with Gasteiger partial charge in [-0.25, -0.2) is 0 Å². The quantitative estimate of drug-likeness (QED) is 0.165. The van der Waals surface area contributed by atoms with Crippen LogP contribution < -0.4 is 49.6 Å². The van der Waals surface area contributed by atoms with E-state index in [4.69, 9.17) is 9.47 Å². The van der Waals surface area contributed by atoms with E-state index in [9.17, 15) is 0 Å². The Morgan fingerprint density at radius 2 is 1.12 bits per heavy atom. The van der Waals surface area contributed by atoms with Gasteiger partial charge in [-0.05, 0) is 41.5 Å². The Balaban J connectivity index is 0. The summed E-state index contributed by atoms with van der Waals surface area (Å²) in [6, 6.07) is 25.7. The van der Waals surface area contributed by atoms with Gasteiger partial charge in [-0.3, -0.25) is 0 Å². The zero-order chi connectivity index (χ0) is 31.1. The van der Waals surface area contributed by atoms with Gasteiger partial charge in [0.25, 0.3) is 0 Å². The van der Waals surface area contributed by atoms with Crippen molar-refractivity contribution >= 4 is 49.7 Å². The van der Waals surface area contributed by atoms with Gasteiger partial charge >= 0.3 is 52.4 Å². The molecule has 2 heterocycles. The van der Waals surface area contributed by atoms with E-state index in [0.29, 0.717) is 0 Å². The maximum atomic E-state index is 5.40. The smallest absolute Gasteiger partial charge is 1.00 e. The van der Waals surface area contributed by atoms with Crippen LogP contribution in [0.5, 0.6) is 0 Å². The Labute approximate surface area is 364 Å². The molecule has 0 bridgehead atoms. The summed E-state index contributed by atoms with van der Waals surface area (Å²) in [5.41, 5.74) is 14.0. The number of hydrogen-bond acceptors (Lipinski definition) is 2. The molecule has 0 aromatic heterocycles. The second-order valence-electron chi connectivity index (χ2n) is 12.1. The van der Waals surface area contributed by atoms with Crippen LogP contribution in [0, 0.1) is 13.8 Å². The molecule has 0 unspecified atom stereocenters. The van der Waals surface area contributed by atoms with E-state index in [1.54, 1.807) is 0 Å². The molecule has 2 aliphatic carbocycles. The molecule has 256 valence electrons. The average Bonchev–Trinajstić information content (AvgIpc) is 3.78. The van der Waals surface area contributed by atoms with Crippen molar-refractivity contribution in [3.63, 3.8) is 0 Å². The molecule has 4 aromatic carbocycles. The summed E-state index contributed by atoms with van der Waals surface area (Å²) in [7, 11) is -0.522. The fourth-order valence-corrected chi connectivity index (χ4v) is 7.20. The van der Waals surface area contributed by atoms with E-state index in [1.807, 2.05) is 6.26 Å². The monoisotopic (exact) mass is 930 g/mol. The Kier molecular flexibility index (Phi) is 25.4. The van der Waals surface area contributed by atoms with Crippen LogP contribution in [0.3, 0.4) is 0 Å². The van der Waals surface area contributed by atoms with Crippen molar-refractivity contribution in [1.82, 2.24) is 0 Å². The molecule has 10 heteroatoms. The summed E-state index contributed by atoms with van der Waals surface area (Å²) in [6.45, 7) is 14.9. The molecule has 0 fully saturated rings. The van der Waals surface area contributed by atoms with Crippen molar-refractivity contribution in [3.05, 3.63) is 154 Å². The molecule has 2 aliphatic heterocycles. The molecule has 0 spiro atoms. The van der Waals surface area contributed by atoms with Crippen molar-refractivity contribution < 1.29 is 112 Å². The summed E-state index contributed by atoms with van der Waals surface area (Å²) in [6.07, 6.45) is 12.8. The summed E-state index contributed by atoms with van der Waals surface area (Å²) in [4.78, 5) is 0. The minimum absolute atomic E-state index is 0. The van der Waals surface area contributed by atoms with E-state index in [-0.39, 0.29) is 119 Å². The maximum absolute atomic E-state index is 5.40. The van der Waals surface area contributed by atoms with Gasteiger partial charge in [-0.1, -0.05) is 63.5 Å². The Bertz CT molecular complexity index is 1730. The molecule has 4 aromatic rings. The molecule has 0 saturated carbocycles. The minimum Gasteiger partial charge on any atom is -1.00 e. The van der Waals surface area contributed by atoms with Gasteiger partial charge in [-0.15, -0.1) is 81.2 Å². The molecular weight excluding hydrogens is 893 g/mol. The first-order valence-electron chi connectivity index (χ1n) is 15.3. The third-order valence-electron chi connectivity index (χ3n) is 7.36. The first kappa shape index (κ1) is 50.9. The van der Waals surface area contributed by atoms with Crippen LogP contribution in [-0.2, 0) is 61.9 Å². The first-order valence-corrected chi connectivity index (χ1v) is 20.4. The second-order valence-corrected chi connectivity index (χ2v) is 17.0. The Morgan fingerprint density at radius 3 is 1.58 bits per heavy atom. The fraction of sp³-hybridized carbons (Fsp3) is 0.200. The number of fused-ring (bicyclic) bond motifs is 4. The molecule has 0 N–H and O–H groups in total. The van der Waals surface area contributed by atoms with Gasteiger partial charge in [0.05, 0.1) is 6.26 Å². The SMILES string of the molecule is C[Si](C)=CC1=CC2=CCOC2=C1.C[Si](C)=CC1=CC2=COCC2=C1.Cc1cc2ccccc2[cH-]1.Cc1cc2ccccc2[cH-]1.[Cl-].[Cl-].[Cl-].[Cl-].[Zr+4].[Zr+4]. The van der Waals surface area contributed by atoms with Gasteiger partial charge in [0.1, 0.15) is 19.0 Å². The Morgan fingerprint density at radius 1 is 0.640 bits per heavy atom. The number of hydrogen-bond donors (Lipinski definition) is 0. The largest absolute Gasteiger partial charge is 4.00 e. The summed E-state index contributed by atoms with van der Waals surface area (Å²) in [5, 5.41) is 5.39. The van der Waals surface area contributed by atoms with Crippen molar-refractivity contribution in [3.8, 4) is 0 Å². The second kappa shape index (κ2) is 24.9. The van der Waals surface area contributed by atoms with Gasteiger partial charge in [0.15, 0.2) is 0 Å². The number of benzene rings is 2. The molecule has 0 radical (unpaired) electrons. The van der Waals surface area contributed by atoms with Crippen LogP contribution in [0.2, 0.25) is 26.2 Å². The third-order valence-corrected chi connectivity index (χ3v) is 9.19. The average molecular weight is 935 g/mol. The summed E-state index contributed by atoms with van der Waals surface area (Å²) in [5.74, 6) is 1.06. The van der Waals surface area contributed by atoms with Gasteiger partial charge in [0, 0.05) is 33.5 Å². The van der Waals surface area contributed by atoms with Gasteiger partial charge in [0.2, 0.25) is 0 Å². The molecule has 4 aliphatic rings. The summed E-state index contributed by atoms with van der Waals surface area (Å²) >= 11 is 0. The van der Waals surface area contributed by atoms with E-state index in [2.05, 4.69) is 155 Å². The number of allylic oxidation sites excluding steroid dienone is 6. The maximum Gasteiger partial charge on any atom is 4.00 e. The standard InChI is InChI=1S/2C10H12OSi.2C10H9.4ClH.2Zr/c1-12(2)7-8-3-9-5-11-6-10(9)4-8;1-12(2)7-8-5-9-3-4-11-10(9)6-8;2*1-8-6-9-4-2-3-5-10(9)7-8;;;;;;/h3-5,7H,6H2,1-2H3;3,5-7H,4H2,1-2H3;2*2-7H,1H3;4*1H;;/q;;2*-1;;;;;2*+4/p-4. The predicted molar refractivity (Wildman–Crippen MR) is 196 cm³/mol. The number of ether oxygens (including phenoxy) is 2. The molecule has 8 rings (SSSR count). The first-order chi connectivity index (χ1) is 21.2. The zero-order valence-corrected chi connectivity index (χ0v) is 39.2. The van der Waals surface area contributed by atoms with Crippen molar-refractivity contribution in [1.29, 1.82) is 0 Å². The zero-order valence-electron chi connectivity index (χ0n) is 29.3. The third kappa shape index (κ3) is 15.0. The van der Waals surface area contributed by atoms with Crippen LogP contribution in [0.4, 0.5) is 0 Å².